The molecule has 90 valence electrons. The normalized spacial score (nSPS) is 10.3. The van der Waals surface area contributed by atoms with Crippen molar-refractivity contribution in [2.45, 2.75) is 0 Å². The molecule has 0 amide bonds. The van der Waals surface area contributed by atoms with Crippen LogP contribution in [-0.2, 0) is 7.05 Å². The average Bonchev–Trinajstić information content (AvgIpc) is 2.69. The van der Waals surface area contributed by atoms with Gasteiger partial charge in [-0.05, 0) is 24.4 Å². The van der Waals surface area contributed by atoms with E-state index < -0.39 is 0 Å². The van der Waals surface area contributed by atoms with E-state index in [1.807, 2.05) is 47.8 Å². The molecule has 0 aliphatic rings. The van der Waals surface area contributed by atoms with Crippen LogP contribution in [-0.4, -0.2) is 28.9 Å². The Kier molecular flexibility index (Phi) is 3.14. The van der Waals surface area contributed by atoms with Gasteiger partial charge in [-0.25, -0.2) is 5.10 Å². The molecule has 5 nitrogen and oxygen atoms in total. The topological polar surface area (TPSA) is 46.1 Å². The minimum atomic E-state index is 0.585. The fourth-order valence-corrected chi connectivity index (χ4v) is 1.78. The van der Waals surface area contributed by atoms with Crippen LogP contribution in [0, 0.1) is 4.77 Å². The van der Waals surface area contributed by atoms with Gasteiger partial charge in [0, 0.05) is 14.1 Å². The number of hydrogen-bond donors (Lipinski definition) is 1. The SMILES string of the molecule is COc1ccccc1N(C)c1n[nH]c(=S)n1C. The summed E-state index contributed by atoms with van der Waals surface area (Å²) in [5, 5.41) is 6.94. The Hall–Kier alpha value is -1.82. The van der Waals surface area contributed by atoms with Gasteiger partial charge in [-0.15, -0.1) is 5.10 Å². The van der Waals surface area contributed by atoms with Gasteiger partial charge in [-0.2, -0.15) is 0 Å². The van der Waals surface area contributed by atoms with Crippen LogP contribution >= 0.6 is 12.2 Å². The molecule has 2 rings (SSSR count). The van der Waals surface area contributed by atoms with Gasteiger partial charge in [-0.1, -0.05) is 12.1 Å². The van der Waals surface area contributed by atoms with Crippen molar-refractivity contribution >= 4 is 23.9 Å². The molecule has 0 bridgehead atoms. The molecule has 0 spiro atoms. The molecule has 0 unspecified atom stereocenters. The standard InChI is InChI=1S/C11H14N4OS/c1-14(10-12-13-11(17)15(10)2)8-6-4-5-7-9(8)16-3/h4-7H,1-3H3,(H,13,17). The van der Waals surface area contributed by atoms with Gasteiger partial charge in [-0.3, -0.25) is 4.57 Å². The number of nitrogens with zero attached hydrogens (tertiary/aromatic N) is 3. The van der Waals surface area contributed by atoms with Gasteiger partial charge < -0.3 is 9.64 Å². The fourth-order valence-electron chi connectivity index (χ4n) is 1.65. The van der Waals surface area contributed by atoms with Crippen LogP contribution in [0.5, 0.6) is 5.75 Å². The molecule has 0 saturated carbocycles. The smallest absolute Gasteiger partial charge is 0.229 e. The summed E-state index contributed by atoms with van der Waals surface area (Å²) in [6, 6.07) is 7.76. The van der Waals surface area contributed by atoms with E-state index in [4.69, 9.17) is 17.0 Å². The quantitative estimate of drug-likeness (QED) is 0.849. The minimum Gasteiger partial charge on any atom is -0.495 e. The summed E-state index contributed by atoms with van der Waals surface area (Å²) in [7, 11) is 5.44. The molecular formula is C11H14N4OS. The van der Waals surface area contributed by atoms with Crippen LogP contribution in [0.4, 0.5) is 11.6 Å². The second kappa shape index (κ2) is 4.58. The number of ether oxygens (including phenoxy) is 1. The van der Waals surface area contributed by atoms with E-state index >= 15 is 0 Å². The Bertz CT molecular complexity index is 575. The lowest BCUT2D eigenvalue weighted by Crippen LogP contribution is -2.15. The van der Waals surface area contributed by atoms with Gasteiger partial charge in [0.05, 0.1) is 12.8 Å². The molecule has 6 heteroatoms. The van der Waals surface area contributed by atoms with Crippen LogP contribution in [0.1, 0.15) is 0 Å². The lowest BCUT2D eigenvalue weighted by Gasteiger charge is -2.19. The Morgan fingerprint density at radius 3 is 2.71 bits per heavy atom. The number of nitrogens with one attached hydrogen (secondary N) is 1. The van der Waals surface area contributed by atoms with Crippen LogP contribution in [0.3, 0.4) is 0 Å². The summed E-state index contributed by atoms with van der Waals surface area (Å²) >= 11 is 5.09. The maximum atomic E-state index is 5.32. The summed E-state index contributed by atoms with van der Waals surface area (Å²) in [4.78, 5) is 1.92. The molecule has 0 radical (unpaired) electrons. The third kappa shape index (κ3) is 2.03. The van der Waals surface area contributed by atoms with Crippen molar-refractivity contribution in [2.75, 3.05) is 19.1 Å². The molecular weight excluding hydrogens is 236 g/mol. The monoisotopic (exact) mass is 250 g/mol. The highest BCUT2D eigenvalue weighted by Crippen LogP contribution is 2.30. The van der Waals surface area contributed by atoms with Gasteiger partial charge in [0.25, 0.3) is 0 Å². The van der Waals surface area contributed by atoms with Gasteiger partial charge in [0.1, 0.15) is 5.75 Å². The zero-order valence-corrected chi connectivity index (χ0v) is 10.8. The van der Waals surface area contributed by atoms with E-state index in [0.29, 0.717) is 4.77 Å². The average molecular weight is 250 g/mol. The Morgan fingerprint density at radius 1 is 1.41 bits per heavy atom. The minimum absolute atomic E-state index is 0.585. The predicted octanol–water partition coefficient (Wildman–Crippen LogP) is 2.25. The van der Waals surface area contributed by atoms with E-state index in [-0.39, 0.29) is 0 Å². The number of anilines is 2. The first-order chi connectivity index (χ1) is 8.15. The summed E-state index contributed by atoms with van der Waals surface area (Å²) in [5.41, 5.74) is 0.937. The highest BCUT2D eigenvalue weighted by atomic mass is 32.1. The van der Waals surface area contributed by atoms with E-state index in [9.17, 15) is 0 Å². The van der Waals surface area contributed by atoms with Gasteiger partial charge in [0.2, 0.25) is 5.95 Å². The molecule has 1 N–H and O–H groups in total. The fraction of sp³-hybridized carbons (Fsp3) is 0.273. The first-order valence-electron chi connectivity index (χ1n) is 5.13. The maximum absolute atomic E-state index is 5.32. The van der Waals surface area contributed by atoms with Crippen LogP contribution in [0.2, 0.25) is 0 Å². The second-order valence-electron chi connectivity index (χ2n) is 3.62. The molecule has 0 aliphatic carbocycles. The second-order valence-corrected chi connectivity index (χ2v) is 4.01. The third-order valence-corrected chi connectivity index (χ3v) is 2.97. The first-order valence-corrected chi connectivity index (χ1v) is 5.54. The summed E-state index contributed by atoms with van der Waals surface area (Å²) in [6.07, 6.45) is 0. The molecule has 0 aliphatic heterocycles. The number of aromatic nitrogens is 3. The number of aromatic amines is 1. The van der Waals surface area contributed by atoms with Crippen LogP contribution in [0.25, 0.3) is 0 Å². The van der Waals surface area contributed by atoms with Crippen LogP contribution in [0.15, 0.2) is 24.3 Å². The molecule has 0 atom stereocenters. The molecule has 1 heterocycles. The Balaban J connectivity index is 2.47. The van der Waals surface area contributed by atoms with Gasteiger partial charge >= 0.3 is 0 Å². The van der Waals surface area contributed by atoms with Crippen molar-refractivity contribution in [2.24, 2.45) is 7.05 Å². The van der Waals surface area contributed by atoms with E-state index in [1.54, 1.807) is 7.11 Å². The number of H-pyrrole nitrogens is 1. The molecule has 0 saturated heterocycles. The molecule has 1 aromatic heterocycles. The Morgan fingerprint density at radius 2 is 2.12 bits per heavy atom. The highest BCUT2D eigenvalue weighted by molar-refractivity contribution is 7.71. The van der Waals surface area contributed by atoms with E-state index in [0.717, 1.165) is 17.4 Å². The van der Waals surface area contributed by atoms with Crippen molar-refractivity contribution in [3.05, 3.63) is 29.0 Å². The lowest BCUT2D eigenvalue weighted by molar-refractivity contribution is 0.415. The zero-order valence-electron chi connectivity index (χ0n) is 9.97. The lowest BCUT2D eigenvalue weighted by atomic mass is 10.3. The number of hydrogen-bond acceptors (Lipinski definition) is 4. The summed E-state index contributed by atoms with van der Waals surface area (Å²) in [6.45, 7) is 0. The first kappa shape index (κ1) is 11.7. The summed E-state index contributed by atoms with van der Waals surface area (Å²) in [5.74, 6) is 1.53. The molecule has 0 fully saturated rings. The maximum Gasteiger partial charge on any atom is 0.229 e. The van der Waals surface area contributed by atoms with Crippen molar-refractivity contribution in [1.82, 2.24) is 14.8 Å². The molecule has 2 aromatic rings. The van der Waals surface area contributed by atoms with Gasteiger partial charge in [0.15, 0.2) is 4.77 Å². The third-order valence-electron chi connectivity index (χ3n) is 2.60. The number of benzene rings is 1. The van der Waals surface area contributed by atoms with Crippen LogP contribution < -0.4 is 9.64 Å². The predicted molar refractivity (Wildman–Crippen MR) is 69.4 cm³/mol. The zero-order chi connectivity index (χ0) is 12.4. The molecule has 17 heavy (non-hydrogen) atoms. The number of rotatable bonds is 3. The Labute approximate surface area is 105 Å². The summed E-state index contributed by atoms with van der Waals surface area (Å²) < 4.78 is 7.71. The highest BCUT2D eigenvalue weighted by Gasteiger charge is 2.13. The van der Waals surface area contributed by atoms with Crippen molar-refractivity contribution in [1.29, 1.82) is 0 Å². The van der Waals surface area contributed by atoms with Crippen molar-refractivity contribution < 1.29 is 4.74 Å². The van der Waals surface area contributed by atoms with E-state index in [2.05, 4.69) is 10.2 Å². The largest absolute Gasteiger partial charge is 0.495 e. The number of para-hydroxylation sites is 2. The molecule has 1 aromatic carbocycles. The van der Waals surface area contributed by atoms with Crippen molar-refractivity contribution in [3.63, 3.8) is 0 Å². The van der Waals surface area contributed by atoms with Crippen molar-refractivity contribution in [3.8, 4) is 5.75 Å². The number of methoxy groups -OCH3 is 1. The van der Waals surface area contributed by atoms with E-state index in [1.165, 1.54) is 0 Å².